The van der Waals surface area contributed by atoms with Gasteiger partial charge in [0.05, 0.1) is 19.3 Å². The minimum absolute atomic E-state index is 0.246. The predicted molar refractivity (Wildman–Crippen MR) is 52.9 cm³/mol. The molecule has 0 aliphatic carbocycles. The molecule has 0 aromatic rings. The van der Waals surface area contributed by atoms with Crippen LogP contribution in [0, 0.1) is 0 Å². The second-order valence-electron chi connectivity index (χ2n) is 4.56. The molecule has 3 heteroatoms. The Bertz CT molecular complexity index is 151. The molecule has 0 spiro atoms. The van der Waals surface area contributed by atoms with Gasteiger partial charge in [-0.3, -0.25) is 4.90 Å². The summed E-state index contributed by atoms with van der Waals surface area (Å²) in [6.45, 7) is 10.3. The standard InChI is InChI=1S/C10H21NO2/c1-10(2,3)11-5-6-13-9(7-11)8-12-4/h9H,5-8H2,1-4H3/t9-/m0/s1. The molecule has 0 aromatic carbocycles. The number of morpholine rings is 1. The fourth-order valence-electron chi connectivity index (χ4n) is 1.62. The second-order valence-corrected chi connectivity index (χ2v) is 4.56. The Labute approximate surface area is 81.0 Å². The lowest BCUT2D eigenvalue weighted by Gasteiger charge is -2.41. The molecule has 78 valence electrons. The normalized spacial score (nSPS) is 26.3. The minimum Gasteiger partial charge on any atom is -0.382 e. The molecule has 1 aliphatic heterocycles. The van der Waals surface area contributed by atoms with Gasteiger partial charge in [0.2, 0.25) is 0 Å². The summed E-state index contributed by atoms with van der Waals surface area (Å²) in [7, 11) is 1.72. The molecule has 1 aliphatic rings. The Morgan fingerprint density at radius 1 is 1.46 bits per heavy atom. The lowest BCUT2D eigenvalue weighted by molar-refractivity contribution is -0.0829. The number of ether oxygens (including phenoxy) is 2. The van der Waals surface area contributed by atoms with Gasteiger partial charge in [-0.25, -0.2) is 0 Å². The molecule has 0 N–H and O–H groups in total. The molecule has 0 bridgehead atoms. The van der Waals surface area contributed by atoms with Crippen LogP contribution in [0.15, 0.2) is 0 Å². The zero-order valence-electron chi connectivity index (χ0n) is 9.17. The van der Waals surface area contributed by atoms with Crippen LogP contribution in [0.4, 0.5) is 0 Å². The molecule has 1 heterocycles. The van der Waals surface area contributed by atoms with Crippen molar-refractivity contribution in [2.24, 2.45) is 0 Å². The van der Waals surface area contributed by atoms with Crippen LogP contribution in [-0.2, 0) is 9.47 Å². The maximum atomic E-state index is 5.58. The average Bonchev–Trinajstić information content (AvgIpc) is 2.04. The van der Waals surface area contributed by atoms with Gasteiger partial charge in [-0.05, 0) is 20.8 Å². The first kappa shape index (κ1) is 11.0. The smallest absolute Gasteiger partial charge is 0.0935 e. The summed E-state index contributed by atoms with van der Waals surface area (Å²) in [5.74, 6) is 0. The average molecular weight is 187 g/mol. The van der Waals surface area contributed by atoms with Crippen LogP contribution in [0.5, 0.6) is 0 Å². The van der Waals surface area contributed by atoms with Gasteiger partial charge in [0.25, 0.3) is 0 Å². The molecular formula is C10H21NO2. The molecule has 1 saturated heterocycles. The van der Waals surface area contributed by atoms with Crippen molar-refractivity contribution in [3.05, 3.63) is 0 Å². The molecule has 1 rings (SSSR count). The first-order valence-corrected chi connectivity index (χ1v) is 4.89. The van der Waals surface area contributed by atoms with Crippen molar-refractivity contribution in [2.45, 2.75) is 32.4 Å². The van der Waals surface area contributed by atoms with Crippen molar-refractivity contribution in [1.82, 2.24) is 4.90 Å². The quantitative estimate of drug-likeness (QED) is 0.647. The Morgan fingerprint density at radius 2 is 2.15 bits per heavy atom. The third-order valence-electron chi connectivity index (χ3n) is 2.44. The third kappa shape index (κ3) is 3.25. The fourth-order valence-corrected chi connectivity index (χ4v) is 1.62. The van der Waals surface area contributed by atoms with Gasteiger partial charge in [0, 0.05) is 25.7 Å². The molecule has 13 heavy (non-hydrogen) atoms. The van der Waals surface area contributed by atoms with Gasteiger partial charge >= 0.3 is 0 Å². The van der Waals surface area contributed by atoms with Crippen molar-refractivity contribution >= 4 is 0 Å². The summed E-state index contributed by atoms with van der Waals surface area (Å²) in [5.41, 5.74) is 0.246. The van der Waals surface area contributed by atoms with Crippen molar-refractivity contribution in [2.75, 3.05) is 33.4 Å². The summed E-state index contributed by atoms with van der Waals surface area (Å²) in [6, 6.07) is 0. The zero-order chi connectivity index (χ0) is 9.90. The number of rotatable bonds is 2. The topological polar surface area (TPSA) is 21.7 Å². The first-order valence-electron chi connectivity index (χ1n) is 4.89. The van der Waals surface area contributed by atoms with Crippen LogP contribution >= 0.6 is 0 Å². The molecule has 3 nitrogen and oxygen atoms in total. The molecular weight excluding hydrogens is 166 g/mol. The second kappa shape index (κ2) is 4.40. The van der Waals surface area contributed by atoms with E-state index in [1.165, 1.54) is 0 Å². The summed E-state index contributed by atoms with van der Waals surface area (Å²) < 4.78 is 10.7. The van der Waals surface area contributed by atoms with Crippen molar-refractivity contribution in [1.29, 1.82) is 0 Å². The van der Waals surface area contributed by atoms with E-state index in [1.807, 2.05) is 0 Å². The summed E-state index contributed by atoms with van der Waals surface area (Å²) >= 11 is 0. The zero-order valence-corrected chi connectivity index (χ0v) is 9.17. The maximum Gasteiger partial charge on any atom is 0.0935 e. The number of nitrogens with zero attached hydrogens (tertiary/aromatic N) is 1. The highest BCUT2D eigenvalue weighted by molar-refractivity contribution is 4.81. The van der Waals surface area contributed by atoms with Crippen LogP contribution in [0.3, 0.4) is 0 Å². The van der Waals surface area contributed by atoms with E-state index >= 15 is 0 Å². The molecule has 1 fully saturated rings. The summed E-state index contributed by atoms with van der Waals surface area (Å²) in [4.78, 5) is 2.44. The largest absolute Gasteiger partial charge is 0.382 e. The van der Waals surface area contributed by atoms with Gasteiger partial charge < -0.3 is 9.47 Å². The highest BCUT2D eigenvalue weighted by Crippen LogP contribution is 2.17. The Morgan fingerprint density at radius 3 is 2.69 bits per heavy atom. The van der Waals surface area contributed by atoms with E-state index in [2.05, 4.69) is 25.7 Å². The SMILES string of the molecule is COC[C@@H]1CN(C(C)(C)C)CCO1. The Balaban J connectivity index is 2.42. The van der Waals surface area contributed by atoms with Crippen molar-refractivity contribution in [3.63, 3.8) is 0 Å². The van der Waals surface area contributed by atoms with E-state index in [0.717, 1.165) is 19.7 Å². The van der Waals surface area contributed by atoms with E-state index in [9.17, 15) is 0 Å². The molecule has 0 amide bonds. The Hall–Kier alpha value is -0.120. The van der Waals surface area contributed by atoms with Crippen molar-refractivity contribution in [3.8, 4) is 0 Å². The Kier molecular flexibility index (Phi) is 3.71. The monoisotopic (exact) mass is 187 g/mol. The lowest BCUT2D eigenvalue weighted by Crippen LogP contribution is -2.52. The minimum atomic E-state index is 0.246. The number of hydrogen-bond acceptors (Lipinski definition) is 3. The van der Waals surface area contributed by atoms with E-state index in [1.54, 1.807) is 7.11 Å². The van der Waals surface area contributed by atoms with Gasteiger partial charge in [-0.1, -0.05) is 0 Å². The van der Waals surface area contributed by atoms with Crippen LogP contribution in [-0.4, -0.2) is 50.0 Å². The van der Waals surface area contributed by atoms with Gasteiger partial charge in [0.15, 0.2) is 0 Å². The fraction of sp³-hybridized carbons (Fsp3) is 1.00. The highest BCUT2D eigenvalue weighted by atomic mass is 16.5. The molecule has 0 radical (unpaired) electrons. The predicted octanol–water partition coefficient (Wildman–Crippen LogP) is 1.13. The number of methoxy groups -OCH3 is 1. The van der Waals surface area contributed by atoms with Crippen LogP contribution in [0.1, 0.15) is 20.8 Å². The van der Waals surface area contributed by atoms with Crippen LogP contribution in [0.25, 0.3) is 0 Å². The van der Waals surface area contributed by atoms with E-state index in [0.29, 0.717) is 6.61 Å². The number of hydrogen-bond donors (Lipinski definition) is 0. The maximum absolute atomic E-state index is 5.58. The third-order valence-corrected chi connectivity index (χ3v) is 2.44. The van der Waals surface area contributed by atoms with Crippen LogP contribution < -0.4 is 0 Å². The molecule has 1 atom stereocenters. The molecule has 0 saturated carbocycles. The summed E-state index contributed by atoms with van der Waals surface area (Å²) in [5, 5.41) is 0. The van der Waals surface area contributed by atoms with E-state index in [-0.39, 0.29) is 11.6 Å². The summed E-state index contributed by atoms with van der Waals surface area (Å²) in [6.07, 6.45) is 0.248. The van der Waals surface area contributed by atoms with Crippen molar-refractivity contribution < 1.29 is 9.47 Å². The highest BCUT2D eigenvalue weighted by Gasteiger charge is 2.27. The molecule has 0 aromatic heterocycles. The first-order chi connectivity index (χ1) is 6.04. The van der Waals surface area contributed by atoms with Gasteiger partial charge in [-0.15, -0.1) is 0 Å². The van der Waals surface area contributed by atoms with E-state index < -0.39 is 0 Å². The molecule has 0 unspecified atom stereocenters. The van der Waals surface area contributed by atoms with Gasteiger partial charge in [0.1, 0.15) is 0 Å². The van der Waals surface area contributed by atoms with Crippen LogP contribution in [0.2, 0.25) is 0 Å². The van der Waals surface area contributed by atoms with E-state index in [4.69, 9.17) is 9.47 Å². The van der Waals surface area contributed by atoms with Gasteiger partial charge in [-0.2, -0.15) is 0 Å². The lowest BCUT2D eigenvalue weighted by atomic mass is 10.0.